The van der Waals surface area contributed by atoms with Gasteiger partial charge in [-0.3, -0.25) is 14.8 Å². The van der Waals surface area contributed by atoms with Crippen LogP contribution in [-0.4, -0.2) is 33.0 Å². The molecule has 0 atom stereocenters. The first-order valence-corrected chi connectivity index (χ1v) is 7.81. The van der Waals surface area contributed by atoms with Gasteiger partial charge in [0.1, 0.15) is 11.3 Å². The zero-order valence-corrected chi connectivity index (χ0v) is 14.3. The van der Waals surface area contributed by atoms with Crippen LogP contribution in [0, 0.1) is 0 Å². The maximum atomic E-state index is 12.4. The minimum absolute atomic E-state index is 0.140. The normalized spacial score (nSPS) is 10.9. The molecule has 136 valence electrons. The summed E-state index contributed by atoms with van der Waals surface area (Å²) < 4.78 is 17.3. The molecule has 0 saturated heterocycles. The standard InChI is InChI=1S/C17H13N5O5/c1-22-7-6-11(21-22)15-19-20-17(27-15)18-14(23)10-8-9-4-3-5-12(25-2)13(9)26-16(10)24/h3-8H,1-2H3,(H,18,20,23). The molecule has 1 N–H and O–H groups in total. The third-order valence-corrected chi connectivity index (χ3v) is 3.77. The number of rotatable bonds is 4. The molecule has 0 aliphatic rings. The van der Waals surface area contributed by atoms with Gasteiger partial charge in [-0.25, -0.2) is 4.79 Å². The molecule has 1 aromatic carbocycles. The summed E-state index contributed by atoms with van der Waals surface area (Å²) in [5.41, 5.74) is -0.290. The van der Waals surface area contributed by atoms with Crippen LogP contribution in [-0.2, 0) is 7.05 Å². The second-order valence-electron chi connectivity index (χ2n) is 5.57. The Morgan fingerprint density at radius 2 is 2.07 bits per heavy atom. The number of carbonyl (C=O) groups is 1. The molecule has 0 unspecified atom stereocenters. The zero-order chi connectivity index (χ0) is 19.0. The number of carbonyl (C=O) groups excluding carboxylic acids is 1. The summed E-state index contributed by atoms with van der Waals surface area (Å²) in [5.74, 6) is -0.195. The maximum absolute atomic E-state index is 12.4. The Morgan fingerprint density at radius 3 is 2.81 bits per heavy atom. The predicted molar refractivity (Wildman–Crippen MR) is 93.5 cm³/mol. The van der Waals surface area contributed by atoms with Crippen LogP contribution in [0.2, 0.25) is 0 Å². The fourth-order valence-corrected chi connectivity index (χ4v) is 2.51. The van der Waals surface area contributed by atoms with E-state index in [0.29, 0.717) is 16.8 Å². The molecule has 27 heavy (non-hydrogen) atoms. The van der Waals surface area contributed by atoms with Gasteiger partial charge in [0.05, 0.1) is 7.11 Å². The Bertz CT molecular complexity index is 1210. The number of hydrogen-bond donors (Lipinski definition) is 1. The van der Waals surface area contributed by atoms with Gasteiger partial charge in [-0.2, -0.15) is 5.10 Å². The molecule has 10 nitrogen and oxygen atoms in total. The lowest BCUT2D eigenvalue weighted by molar-refractivity contribution is 0.102. The summed E-state index contributed by atoms with van der Waals surface area (Å²) in [5, 5.41) is 14.6. The van der Waals surface area contributed by atoms with Gasteiger partial charge < -0.3 is 13.6 Å². The summed E-state index contributed by atoms with van der Waals surface area (Å²) in [6, 6.07) is 8.01. The number of nitrogens with zero attached hydrogens (tertiary/aromatic N) is 4. The van der Waals surface area contributed by atoms with Gasteiger partial charge in [0.15, 0.2) is 11.3 Å². The number of hydrogen-bond acceptors (Lipinski definition) is 8. The van der Waals surface area contributed by atoms with Crippen molar-refractivity contribution in [2.75, 3.05) is 12.4 Å². The molecule has 0 aliphatic heterocycles. The van der Waals surface area contributed by atoms with Crippen LogP contribution < -0.4 is 15.7 Å². The molecular formula is C17H13N5O5. The van der Waals surface area contributed by atoms with Crippen molar-refractivity contribution in [3.05, 3.63) is 52.5 Å². The summed E-state index contributed by atoms with van der Waals surface area (Å²) in [6.45, 7) is 0. The highest BCUT2D eigenvalue weighted by Crippen LogP contribution is 2.24. The number of para-hydroxylation sites is 1. The lowest BCUT2D eigenvalue weighted by Gasteiger charge is -2.05. The molecule has 0 spiro atoms. The van der Waals surface area contributed by atoms with Crippen LogP contribution in [0.15, 0.2) is 50.2 Å². The number of aromatic nitrogens is 4. The van der Waals surface area contributed by atoms with Crippen molar-refractivity contribution in [3.63, 3.8) is 0 Å². The number of ether oxygens (including phenoxy) is 1. The molecule has 0 fully saturated rings. The first-order valence-electron chi connectivity index (χ1n) is 7.81. The van der Waals surface area contributed by atoms with Crippen LogP contribution >= 0.6 is 0 Å². The fourth-order valence-electron chi connectivity index (χ4n) is 2.51. The Morgan fingerprint density at radius 1 is 1.22 bits per heavy atom. The first-order chi connectivity index (χ1) is 13.0. The fraction of sp³-hybridized carbons (Fsp3) is 0.118. The highest BCUT2D eigenvalue weighted by Gasteiger charge is 2.19. The molecule has 3 heterocycles. The van der Waals surface area contributed by atoms with Gasteiger partial charge in [0.2, 0.25) is 0 Å². The van der Waals surface area contributed by atoms with Crippen molar-refractivity contribution in [1.82, 2.24) is 20.0 Å². The molecular weight excluding hydrogens is 354 g/mol. The Balaban J connectivity index is 1.63. The maximum Gasteiger partial charge on any atom is 0.349 e. The molecule has 0 bridgehead atoms. The minimum Gasteiger partial charge on any atom is -0.493 e. The molecule has 4 rings (SSSR count). The second kappa shape index (κ2) is 6.41. The van der Waals surface area contributed by atoms with E-state index in [1.807, 2.05) is 0 Å². The van der Waals surface area contributed by atoms with Crippen molar-refractivity contribution >= 4 is 22.9 Å². The second-order valence-corrected chi connectivity index (χ2v) is 5.57. The SMILES string of the molecule is COc1cccc2cc(C(=O)Nc3nnc(-c4ccn(C)n4)o3)c(=O)oc12. The van der Waals surface area contributed by atoms with E-state index in [4.69, 9.17) is 13.6 Å². The largest absolute Gasteiger partial charge is 0.493 e. The molecule has 0 aliphatic carbocycles. The minimum atomic E-state index is -0.811. The first kappa shape index (κ1) is 16.5. The van der Waals surface area contributed by atoms with Gasteiger partial charge in [0.25, 0.3) is 11.8 Å². The highest BCUT2D eigenvalue weighted by atomic mass is 16.5. The van der Waals surface area contributed by atoms with Crippen LogP contribution in [0.1, 0.15) is 10.4 Å². The molecule has 1 amide bonds. The number of nitrogens with one attached hydrogen (secondary N) is 1. The van der Waals surface area contributed by atoms with Crippen LogP contribution in [0.5, 0.6) is 5.75 Å². The monoisotopic (exact) mass is 367 g/mol. The Kier molecular flexibility index (Phi) is 3.92. The summed E-state index contributed by atoms with van der Waals surface area (Å²) in [4.78, 5) is 24.6. The van der Waals surface area contributed by atoms with Crippen LogP contribution in [0.25, 0.3) is 22.6 Å². The third kappa shape index (κ3) is 3.03. The highest BCUT2D eigenvalue weighted by molar-refractivity contribution is 6.04. The topological polar surface area (TPSA) is 125 Å². The van der Waals surface area contributed by atoms with E-state index in [2.05, 4.69) is 20.6 Å². The number of amides is 1. The van der Waals surface area contributed by atoms with Gasteiger partial charge in [-0.15, -0.1) is 5.10 Å². The van der Waals surface area contributed by atoms with E-state index < -0.39 is 11.5 Å². The zero-order valence-electron chi connectivity index (χ0n) is 14.3. The van der Waals surface area contributed by atoms with Gasteiger partial charge in [-0.1, -0.05) is 17.2 Å². The number of fused-ring (bicyclic) bond motifs is 1. The van der Waals surface area contributed by atoms with Crippen molar-refractivity contribution in [2.24, 2.45) is 7.05 Å². The summed E-state index contributed by atoms with van der Waals surface area (Å²) >= 11 is 0. The molecule has 0 saturated carbocycles. The number of benzene rings is 1. The Labute approximate surface area is 151 Å². The quantitative estimate of drug-likeness (QED) is 0.542. The van der Waals surface area contributed by atoms with Crippen molar-refractivity contribution in [2.45, 2.75) is 0 Å². The van der Waals surface area contributed by atoms with E-state index in [1.165, 1.54) is 13.2 Å². The van der Waals surface area contributed by atoms with E-state index in [9.17, 15) is 9.59 Å². The van der Waals surface area contributed by atoms with E-state index >= 15 is 0 Å². The van der Waals surface area contributed by atoms with Crippen molar-refractivity contribution < 1.29 is 18.4 Å². The average Bonchev–Trinajstić information content (AvgIpc) is 3.29. The number of aryl methyl sites for hydroxylation is 1. The van der Waals surface area contributed by atoms with Gasteiger partial charge in [-0.05, 0) is 18.2 Å². The van der Waals surface area contributed by atoms with E-state index in [1.54, 1.807) is 42.2 Å². The Hall–Kier alpha value is -3.95. The lowest BCUT2D eigenvalue weighted by Crippen LogP contribution is -2.20. The van der Waals surface area contributed by atoms with Gasteiger partial charge in [0, 0.05) is 18.6 Å². The number of anilines is 1. The summed E-state index contributed by atoms with van der Waals surface area (Å²) in [7, 11) is 3.21. The van der Waals surface area contributed by atoms with Crippen molar-refractivity contribution in [3.8, 4) is 17.3 Å². The predicted octanol–water partition coefficient (Wildman–Crippen LogP) is 1.84. The van der Waals surface area contributed by atoms with E-state index in [-0.39, 0.29) is 23.1 Å². The van der Waals surface area contributed by atoms with Crippen LogP contribution in [0.3, 0.4) is 0 Å². The lowest BCUT2D eigenvalue weighted by atomic mass is 10.1. The summed E-state index contributed by atoms with van der Waals surface area (Å²) in [6.07, 6.45) is 1.71. The smallest absolute Gasteiger partial charge is 0.349 e. The van der Waals surface area contributed by atoms with E-state index in [0.717, 1.165) is 0 Å². The van der Waals surface area contributed by atoms with Gasteiger partial charge >= 0.3 is 11.6 Å². The molecule has 10 heteroatoms. The third-order valence-electron chi connectivity index (χ3n) is 3.77. The number of methoxy groups -OCH3 is 1. The van der Waals surface area contributed by atoms with Crippen LogP contribution in [0.4, 0.5) is 6.01 Å². The molecule has 0 radical (unpaired) electrons. The molecule has 4 aromatic rings. The average molecular weight is 367 g/mol. The van der Waals surface area contributed by atoms with Crippen molar-refractivity contribution in [1.29, 1.82) is 0 Å². The molecule has 3 aromatic heterocycles.